The van der Waals surface area contributed by atoms with Crippen molar-refractivity contribution in [3.63, 3.8) is 0 Å². The van der Waals surface area contributed by atoms with Gasteiger partial charge in [0.1, 0.15) is 12.2 Å². The number of rotatable bonds is 8. The number of hydrogen-bond donors (Lipinski definition) is 2. The minimum Gasteiger partial charge on any atom is -0.388 e. The van der Waals surface area contributed by atoms with E-state index in [0.717, 1.165) is 12.4 Å². The van der Waals surface area contributed by atoms with E-state index in [1.807, 2.05) is 18.5 Å². The second kappa shape index (κ2) is 6.82. The van der Waals surface area contributed by atoms with Crippen LogP contribution in [0.25, 0.3) is 0 Å². The van der Waals surface area contributed by atoms with Gasteiger partial charge in [-0.3, -0.25) is 0 Å². The molecule has 6 heteroatoms. The summed E-state index contributed by atoms with van der Waals surface area (Å²) < 4.78 is 6.78. The van der Waals surface area contributed by atoms with E-state index >= 15 is 0 Å². The number of methoxy groups -OCH3 is 1. The van der Waals surface area contributed by atoms with Gasteiger partial charge in [-0.15, -0.1) is 0 Å². The predicted octanol–water partition coefficient (Wildman–Crippen LogP) is 0.389. The molecule has 18 heavy (non-hydrogen) atoms. The average Bonchev–Trinajstić information content (AvgIpc) is 2.72. The molecule has 1 unspecified atom stereocenters. The molecule has 0 aliphatic rings. The van der Waals surface area contributed by atoms with Crippen molar-refractivity contribution in [2.75, 3.05) is 26.8 Å². The normalized spacial score (nSPS) is 15.0. The third kappa shape index (κ3) is 4.72. The zero-order valence-corrected chi connectivity index (χ0v) is 11.7. The first kappa shape index (κ1) is 15.1. The average molecular weight is 256 g/mol. The zero-order valence-electron chi connectivity index (χ0n) is 11.7. The van der Waals surface area contributed by atoms with E-state index in [9.17, 15) is 5.11 Å². The molecule has 1 rings (SSSR count). The molecule has 0 aliphatic carbocycles. The van der Waals surface area contributed by atoms with Gasteiger partial charge < -0.3 is 15.2 Å². The maximum absolute atomic E-state index is 10.3. The first-order valence-corrected chi connectivity index (χ1v) is 6.26. The van der Waals surface area contributed by atoms with Crippen molar-refractivity contribution >= 4 is 0 Å². The quantitative estimate of drug-likeness (QED) is 0.658. The molecule has 0 bridgehead atoms. The van der Waals surface area contributed by atoms with Gasteiger partial charge in [0, 0.05) is 32.7 Å². The lowest BCUT2D eigenvalue weighted by Crippen LogP contribution is -2.41. The van der Waals surface area contributed by atoms with Gasteiger partial charge in [0.25, 0.3) is 0 Å². The van der Waals surface area contributed by atoms with E-state index in [2.05, 4.69) is 15.4 Å². The van der Waals surface area contributed by atoms with Crippen LogP contribution in [0.2, 0.25) is 0 Å². The van der Waals surface area contributed by atoms with Crippen molar-refractivity contribution in [2.45, 2.75) is 38.8 Å². The Kier molecular flexibility index (Phi) is 5.71. The van der Waals surface area contributed by atoms with Crippen molar-refractivity contribution in [1.82, 2.24) is 20.1 Å². The Bertz CT molecular complexity index is 350. The minimum atomic E-state index is -0.840. The number of nitrogens with one attached hydrogen (secondary N) is 1. The van der Waals surface area contributed by atoms with Gasteiger partial charge in [0.05, 0.1) is 12.2 Å². The van der Waals surface area contributed by atoms with E-state index in [-0.39, 0.29) is 6.04 Å². The van der Waals surface area contributed by atoms with Crippen LogP contribution in [0, 0.1) is 0 Å². The van der Waals surface area contributed by atoms with E-state index in [4.69, 9.17) is 4.74 Å². The molecule has 2 N–H and O–H groups in total. The minimum absolute atomic E-state index is 0.250. The molecule has 0 aromatic carbocycles. The van der Waals surface area contributed by atoms with Crippen molar-refractivity contribution in [3.05, 3.63) is 12.2 Å². The highest BCUT2D eigenvalue weighted by Crippen LogP contribution is 2.13. The Balaban J connectivity index is 2.50. The van der Waals surface area contributed by atoms with Crippen LogP contribution in [0.15, 0.2) is 6.33 Å². The standard InChI is InChI=1S/C12H24N4O2/c1-10(2)16-11(14-9-15-16)7-12(3,17)8-13-5-6-18-4/h9-10,13,17H,5-8H2,1-4H3. The van der Waals surface area contributed by atoms with Crippen molar-refractivity contribution in [2.24, 2.45) is 0 Å². The molecular weight excluding hydrogens is 232 g/mol. The van der Waals surface area contributed by atoms with E-state index in [1.54, 1.807) is 14.0 Å². The first-order valence-electron chi connectivity index (χ1n) is 6.26. The molecule has 1 atom stereocenters. The van der Waals surface area contributed by atoms with Crippen molar-refractivity contribution in [1.29, 1.82) is 0 Å². The molecule has 6 nitrogen and oxygen atoms in total. The van der Waals surface area contributed by atoms with Gasteiger partial charge in [0.15, 0.2) is 0 Å². The Morgan fingerprint density at radius 1 is 1.56 bits per heavy atom. The largest absolute Gasteiger partial charge is 0.388 e. The summed E-state index contributed by atoms with van der Waals surface area (Å²) in [5.41, 5.74) is -0.840. The zero-order chi connectivity index (χ0) is 13.6. The molecule has 1 aromatic heterocycles. The highest BCUT2D eigenvalue weighted by molar-refractivity contribution is 4.94. The van der Waals surface area contributed by atoms with Gasteiger partial charge in [-0.2, -0.15) is 5.10 Å². The van der Waals surface area contributed by atoms with Gasteiger partial charge in [-0.1, -0.05) is 0 Å². The highest BCUT2D eigenvalue weighted by atomic mass is 16.5. The number of hydrogen-bond acceptors (Lipinski definition) is 5. The SMILES string of the molecule is COCCNCC(C)(O)Cc1ncnn1C(C)C. The van der Waals surface area contributed by atoms with Crippen molar-refractivity contribution in [3.8, 4) is 0 Å². The Morgan fingerprint density at radius 2 is 2.28 bits per heavy atom. The van der Waals surface area contributed by atoms with E-state index < -0.39 is 5.60 Å². The number of nitrogens with zero attached hydrogens (tertiary/aromatic N) is 3. The summed E-state index contributed by atoms with van der Waals surface area (Å²) in [6.07, 6.45) is 2.01. The summed E-state index contributed by atoms with van der Waals surface area (Å²) in [4.78, 5) is 4.21. The Morgan fingerprint density at radius 3 is 2.89 bits per heavy atom. The second-order valence-corrected chi connectivity index (χ2v) is 5.06. The van der Waals surface area contributed by atoms with Crippen LogP contribution < -0.4 is 5.32 Å². The molecule has 104 valence electrons. The molecule has 0 fully saturated rings. The Labute approximate surface area is 108 Å². The van der Waals surface area contributed by atoms with Gasteiger partial charge >= 0.3 is 0 Å². The number of aliphatic hydroxyl groups is 1. The fourth-order valence-corrected chi connectivity index (χ4v) is 1.77. The maximum Gasteiger partial charge on any atom is 0.138 e. The summed E-state index contributed by atoms with van der Waals surface area (Å²) in [5, 5.41) is 17.6. The van der Waals surface area contributed by atoms with Gasteiger partial charge in [0.2, 0.25) is 0 Å². The lowest BCUT2D eigenvalue weighted by atomic mass is 10.0. The molecule has 0 amide bonds. The van der Waals surface area contributed by atoms with Crippen LogP contribution in [0.1, 0.15) is 32.6 Å². The highest BCUT2D eigenvalue weighted by Gasteiger charge is 2.24. The summed E-state index contributed by atoms with van der Waals surface area (Å²) >= 11 is 0. The fourth-order valence-electron chi connectivity index (χ4n) is 1.77. The topological polar surface area (TPSA) is 72.2 Å². The Hall–Kier alpha value is -0.980. The lowest BCUT2D eigenvalue weighted by molar-refractivity contribution is 0.0548. The first-order chi connectivity index (χ1) is 8.46. The molecule has 1 aromatic rings. The van der Waals surface area contributed by atoms with Crippen LogP contribution in [0.4, 0.5) is 0 Å². The molecule has 0 spiro atoms. The molecule has 0 saturated carbocycles. The van der Waals surface area contributed by atoms with Gasteiger partial charge in [-0.05, 0) is 20.8 Å². The molecule has 0 radical (unpaired) electrons. The monoisotopic (exact) mass is 256 g/mol. The van der Waals surface area contributed by atoms with E-state index in [0.29, 0.717) is 19.6 Å². The third-order valence-corrected chi connectivity index (χ3v) is 2.66. The summed E-state index contributed by atoms with van der Waals surface area (Å²) in [7, 11) is 1.66. The molecule has 0 saturated heterocycles. The van der Waals surface area contributed by atoms with E-state index in [1.165, 1.54) is 6.33 Å². The molecule has 0 aliphatic heterocycles. The predicted molar refractivity (Wildman–Crippen MR) is 69.5 cm³/mol. The second-order valence-electron chi connectivity index (χ2n) is 5.06. The fraction of sp³-hybridized carbons (Fsp3) is 0.833. The van der Waals surface area contributed by atoms with Crippen LogP contribution in [0.5, 0.6) is 0 Å². The van der Waals surface area contributed by atoms with Crippen LogP contribution in [-0.2, 0) is 11.2 Å². The summed E-state index contributed by atoms with van der Waals surface area (Å²) in [6.45, 7) is 7.75. The third-order valence-electron chi connectivity index (χ3n) is 2.66. The molecule has 1 heterocycles. The molecular formula is C12H24N4O2. The number of aromatic nitrogens is 3. The van der Waals surface area contributed by atoms with Crippen LogP contribution >= 0.6 is 0 Å². The van der Waals surface area contributed by atoms with Crippen LogP contribution in [-0.4, -0.2) is 52.3 Å². The van der Waals surface area contributed by atoms with Crippen molar-refractivity contribution < 1.29 is 9.84 Å². The van der Waals surface area contributed by atoms with Gasteiger partial charge in [-0.25, -0.2) is 9.67 Å². The summed E-state index contributed by atoms with van der Waals surface area (Å²) in [5.74, 6) is 0.809. The number of ether oxygens (including phenoxy) is 1. The van der Waals surface area contributed by atoms with Crippen LogP contribution in [0.3, 0.4) is 0 Å². The maximum atomic E-state index is 10.3. The summed E-state index contributed by atoms with van der Waals surface area (Å²) in [6, 6.07) is 0.250. The lowest BCUT2D eigenvalue weighted by Gasteiger charge is -2.24. The smallest absolute Gasteiger partial charge is 0.138 e.